The van der Waals surface area contributed by atoms with Gasteiger partial charge >= 0.3 is 0 Å². The van der Waals surface area contributed by atoms with Crippen LogP contribution < -0.4 is 10.6 Å². The van der Waals surface area contributed by atoms with Crippen molar-refractivity contribution in [3.8, 4) is 0 Å². The highest BCUT2D eigenvalue weighted by molar-refractivity contribution is 5.70. The van der Waals surface area contributed by atoms with E-state index in [9.17, 15) is 0 Å². The van der Waals surface area contributed by atoms with E-state index in [2.05, 4.69) is 42.7 Å². The number of anilines is 2. The Kier molecular flexibility index (Phi) is 2.62. The Morgan fingerprint density at radius 3 is 2.50 bits per heavy atom. The summed E-state index contributed by atoms with van der Waals surface area (Å²) < 4.78 is 0. The van der Waals surface area contributed by atoms with Gasteiger partial charge in [0.05, 0.1) is 11.4 Å². The highest BCUT2D eigenvalue weighted by Gasteiger charge is 2.08. The molecule has 0 aromatic heterocycles. The van der Waals surface area contributed by atoms with Gasteiger partial charge in [0.15, 0.2) is 0 Å². The average Bonchev–Trinajstić information content (AvgIpc) is 2.41. The van der Waals surface area contributed by atoms with Crippen molar-refractivity contribution < 1.29 is 0 Å². The van der Waals surface area contributed by atoms with Crippen LogP contribution in [0.5, 0.6) is 0 Å². The van der Waals surface area contributed by atoms with Crippen molar-refractivity contribution in [3.63, 3.8) is 0 Å². The van der Waals surface area contributed by atoms with E-state index in [1.165, 1.54) is 23.4 Å². The van der Waals surface area contributed by atoms with E-state index >= 15 is 0 Å². The van der Waals surface area contributed by atoms with Gasteiger partial charge in [0, 0.05) is 13.1 Å². The van der Waals surface area contributed by atoms with Crippen LogP contribution in [0.1, 0.15) is 31.7 Å². The zero-order chi connectivity index (χ0) is 9.97. The maximum atomic E-state index is 3.46. The Morgan fingerprint density at radius 2 is 1.79 bits per heavy atom. The normalized spacial score (nSPS) is 15.4. The van der Waals surface area contributed by atoms with Crippen molar-refractivity contribution in [3.05, 3.63) is 23.8 Å². The monoisotopic (exact) mass is 190 g/mol. The van der Waals surface area contributed by atoms with Crippen molar-refractivity contribution in [2.45, 2.75) is 26.2 Å². The van der Waals surface area contributed by atoms with Crippen LogP contribution in [0.15, 0.2) is 18.2 Å². The van der Waals surface area contributed by atoms with E-state index in [1.54, 1.807) is 0 Å². The summed E-state index contributed by atoms with van der Waals surface area (Å²) in [5.41, 5.74) is 3.90. The van der Waals surface area contributed by atoms with E-state index in [1.807, 2.05) is 0 Å². The number of fused-ring (bicyclic) bond motifs is 1. The summed E-state index contributed by atoms with van der Waals surface area (Å²) in [5.74, 6) is 0.602. The first-order valence-corrected chi connectivity index (χ1v) is 5.39. The molecule has 0 fully saturated rings. The third-order valence-electron chi connectivity index (χ3n) is 2.69. The van der Waals surface area contributed by atoms with Gasteiger partial charge in [-0.25, -0.2) is 0 Å². The largest absolute Gasteiger partial charge is 0.383 e. The quantitative estimate of drug-likeness (QED) is 0.711. The predicted molar refractivity (Wildman–Crippen MR) is 62.1 cm³/mol. The van der Waals surface area contributed by atoms with Crippen molar-refractivity contribution in [2.24, 2.45) is 0 Å². The van der Waals surface area contributed by atoms with E-state index in [0.717, 1.165) is 13.1 Å². The topological polar surface area (TPSA) is 24.1 Å². The van der Waals surface area contributed by atoms with Gasteiger partial charge in [0.25, 0.3) is 0 Å². The number of nitrogens with one attached hydrogen (secondary N) is 2. The van der Waals surface area contributed by atoms with Crippen LogP contribution in [0, 0.1) is 0 Å². The molecule has 14 heavy (non-hydrogen) atoms. The maximum Gasteiger partial charge on any atom is 0.0578 e. The molecule has 0 atom stereocenters. The van der Waals surface area contributed by atoms with Crippen molar-refractivity contribution in [1.29, 1.82) is 0 Å². The fraction of sp³-hybridized carbons (Fsp3) is 0.500. The Hall–Kier alpha value is -1.18. The molecule has 2 rings (SSSR count). The molecule has 2 nitrogen and oxygen atoms in total. The standard InChI is InChI=1S/C12H18N2/c1-9(2)10-4-5-11-12(8-10)14-7-3-6-13-11/h4-5,8-9,13-14H,3,6-7H2,1-2H3. The SMILES string of the molecule is CC(C)c1ccc2c(c1)NCCCN2. The van der Waals surface area contributed by atoms with Crippen LogP contribution in [0.25, 0.3) is 0 Å². The molecule has 0 unspecified atom stereocenters. The molecule has 1 aliphatic heterocycles. The molecule has 0 saturated carbocycles. The lowest BCUT2D eigenvalue weighted by Gasteiger charge is -2.12. The Labute approximate surface area is 85.7 Å². The molecule has 2 N–H and O–H groups in total. The van der Waals surface area contributed by atoms with E-state index in [0.29, 0.717) is 5.92 Å². The van der Waals surface area contributed by atoms with Gasteiger partial charge in [-0.2, -0.15) is 0 Å². The molecular formula is C12H18N2. The van der Waals surface area contributed by atoms with Gasteiger partial charge in [-0.05, 0) is 30.0 Å². The van der Waals surface area contributed by atoms with E-state index in [4.69, 9.17) is 0 Å². The van der Waals surface area contributed by atoms with Gasteiger partial charge < -0.3 is 10.6 Å². The summed E-state index contributed by atoms with van der Waals surface area (Å²) in [7, 11) is 0. The minimum absolute atomic E-state index is 0.602. The summed E-state index contributed by atoms with van der Waals surface area (Å²) >= 11 is 0. The minimum atomic E-state index is 0.602. The van der Waals surface area contributed by atoms with Crippen LogP contribution in [-0.4, -0.2) is 13.1 Å². The molecule has 76 valence electrons. The molecule has 0 spiro atoms. The summed E-state index contributed by atoms with van der Waals surface area (Å²) in [6.45, 7) is 6.60. The zero-order valence-corrected chi connectivity index (χ0v) is 8.93. The molecule has 0 amide bonds. The number of hydrogen-bond donors (Lipinski definition) is 2. The summed E-state index contributed by atoms with van der Waals surface area (Å²) in [5, 5.41) is 6.89. The molecule has 0 saturated heterocycles. The maximum absolute atomic E-state index is 3.46. The fourth-order valence-corrected chi connectivity index (χ4v) is 1.76. The van der Waals surface area contributed by atoms with Crippen LogP contribution in [0.3, 0.4) is 0 Å². The number of benzene rings is 1. The van der Waals surface area contributed by atoms with Crippen LogP contribution >= 0.6 is 0 Å². The molecule has 1 aromatic rings. The second-order valence-electron chi connectivity index (χ2n) is 4.17. The Bertz CT molecular complexity index is 318. The van der Waals surface area contributed by atoms with Gasteiger partial charge in [0.2, 0.25) is 0 Å². The third kappa shape index (κ3) is 1.84. The Morgan fingerprint density at radius 1 is 1.07 bits per heavy atom. The van der Waals surface area contributed by atoms with Gasteiger partial charge in [0.1, 0.15) is 0 Å². The van der Waals surface area contributed by atoms with E-state index in [-0.39, 0.29) is 0 Å². The van der Waals surface area contributed by atoms with Gasteiger partial charge in [-0.3, -0.25) is 0 Å². The Balaban J connectivity index is 2.32. The van der Waals surface area contributed by atoms with Crippen molar-refractivity contribution >= 4 is 11.4 Å². The van der Waals surface area contributed by atoms with Crippen molar-refractivity contribution in [2.75, 3.05) is 23.7 Å². The first kappa shape index (κ1) is 9.38. The molecule has 2 heteroatoms. The van der Waals surface area contributed by atoms with Crippen LogP contribution in [0.2, 0.25) is 0 Å². The smallest absolute Gasteiger partial charge is 0.0578 e. The third-order valence-corrected chi connectivity index (χ3v) is 2.69. The van der Waals surface area contributed by atoms with E-state index < -0.39 is 0 Å². The molecule has 0 radical (unpaired) electrons. The predicted octanol–water partition coefficient (Wildman–Crippen LogP) is 3.04. The van der Waals surface area contributed by atoms with Crippen LogP contribution in [-0.2, 0) is 0 Å². The zero-order valence-electron chi connectivity index (χ0n) is 8.93. The fourth-order valence-electron chi connectivity index (χ4n) is 1.76. The lowest BCUT2D eigenvalue weighted by Crippen LogP contribution is -2.01. The highest BCUT2D eigenvalue weighted by Crippen LogP contribution is 2.27. The second kappa shape index (κ2) is 3.91. The van der Waals surface area contributed by atoms with Crippen LogP contribution in [0.4, 0.5) is 11.4 Å². The lowest BCUT2D eigenvalue weighted by molar-refractivity contribution is 0.867. The summed E-state index contributed by atoms with van der Waals surface area (Å²) in [4.78, 5) is 0. The van der Waals surface area contributed by atoms with Gasteiger partial charge in [-0.1, -0.05) is 19.9 Å². The molecular weight excluding hydrogens is 172 g/mol. The highest BCUT2D eigenvalue weighted by atomic mass is 15.0. The molecule has 1 heterocycles. The second-order valence-corrected chi connectivity index (χ2v) is 4.17. The molecule has 1 aromatic carbocycles. The lowest BCUT2D eigenvalue weighted by atomic mass is 10.0. The average molecular weight is 190 g/mol. The molecule has 0 bridgehead atoms. The molecule has 1 aliphatic rings. The minimum Gasteiger partial charge on any atom is -0.383 e. The first-order chi connectivity index (χ1) is 6.77. The van der Waals surface area contributed by atoms with Gasteiger partial charge in [-0.15, -0.1) is 0 Å². The molecule has 0 aliphatic carbocycles. The summed E-state index contributed by atoms with van der Waals surface area (Å²) in [6, 6.07) is 6.66. The number of rotatable bonds is 1. The number of hydrogen-bond acceptors (Lipinski definition) is 2. The first-order valence-electron chi connectivity index (χ1n) is 5.39. The summed E-state index contributed by atoms with van der Waals surface area (Å²) in [6.07, 6.45) is 1.19. The van der Waals surface area contributed by atoms with Crippen molar-refractivity contribution in [1.82, 2.24) is 0 Å².